The Labute approximate surface area is 100 Å². The van der Waals surface area contributed by atoms with Gasteiger partial charge in [0.2, 0.25) is 12.2 Å². The molecule has 96 valence electrons. The van der Waals surface area contributed by atoms with E-state index in [9.17, 15) is 9.90 Å². The van der Waals surface area contributed by atoms with Crippen molar-refractivity contribution in [3.63, 3.8) is 0 Å². The zero-order valence-corrected chi connectivity index (χ0v) is 9.83. The van der Waals surface area contributed by atoms with Crippen LogP contribution in [0.5, 0.6) is 0 Å². The number of hydrogen-bond acceptors (Lipinski definition) is 5. The molecule has 2 aliphatic rings. The molecular formula is C11H18N2O4. The van der Waals surface area contributed by atoms with E-state index in [1.165, 1.54) is 12.5 Å². The summed E-state index contributed by atoms with van der Waals surface area (Å²) in [5.41, 5.74) is 0. The van der Waals surface area contributed by atoms with Crippen LogP contribution in [0, 0.1) is 0 Å². The van der Waals surface area contributed by atoms with Crippen LogP contribution in [0.2, 0.25) is 0 Å². The van der Waals surface area contributed by atoms with Crippen molar-refractivity contribution in [2.24, 2.45) is 0 Å². The Bertz CT molecular complexity index is 300. The fraction of sp³-hybridized carbons (Fsp3) is 0.727. The van der Waals surface area contributed by atoms with E-state index in [4.69, 9.17) is 9.47 Å². The van der Waals surface area contributed by atoms with Crippen molar-refractivity contribution < 1.29 is 19.4 Å². The van der Waals surface area contributed by atoms with E-state index >= 15 is 0 Å². The second-order valence-corrected chi connectivity index (χ2v) is 4.37. The maximum Gasteiger partial charge on any atom is 0.241 e. The molecule has 1 amide bonds. The first-order chi connectivity index (χ1) is 8.16. The van der Waals surface area contributed by atoms with Crippen molar-refractivity contribution in [2.45, 2.75) is 31.3 Å². The van der Waals surface area contributed by atoms with Gasteiger partial charge in [0.15, 0.2) is 0 Å². The third-order valence-corrected chi connectivity index (χ3v) is 3.00. The summed E-state index contributed by atoms with van der Waals surface area (Å²) >= 11 is 0. The molecule has 0 radical (unpaired) electrons. The smallest absolute Gasteiger partial charge is 0.241 e. The first-order valence-corrected chi connectivity index (χ1v) is 5.79. The zero-order valence-electron chi connectivity index (χ0n) is 9.83. The van der Waals surface area contributed by atoms with E-state index in [1.54, 1.807) is 11.9 Å². The maximum atomic E-state index is 12.0. The molecule has 2 atom stereocenters. The quantitative estimate of drug-likeness (QED) is 0.689. The van der Waals surface area contributed by atoms with Gasteiger partial charge in [0.25, 0.3) is 0 Å². The second kappa shape index (κ2) is 5.37. The maximum absolute atomic E-state index is 12.0. The second-order valence-electron chi connectivity index (χ2n) is 4.37. The predicted molar refractivity (Wildman–Crippen MR) is 59.8 cm³/mol. The van der Waals surface area contributed by atoms with E-state index in [0.29, 0.717) is 25.9 Å². The minimum Gasteiger partial charge on any atom is -0.459 e. The first-order valence-electron chi connectivity index (χ1n) is 5.79. The molecule has 0 aromatic rings. The molecule has 2 heterocycles. The number of carbonyl (C=O) groups is 1. The predicted octanol–water partition coefficient (Wildman–Crippen LogP) is -0.598. The van der Waals surface area contributed by atoms with Gasteiger partial charge < -0.3 is 24.8 Å². The molecule has 6 heteroatoms. The molecular weight excluding hydrogens is 224 g/mol. The van der Waals surface area contributed by atoms with E-state index < -0.39 is 6.10 Å². The van der Waals surface area contributed by atoms with Crippen molar-refractivity contribution in [2.75, 3.05) is 20.1 Å². The largest absolute Gasteiger partial charge is 0.459 e. The van der Waals surface area contributed by atoms with E-state index in [0.717, 1.165) is 0 Å². The Morgan fingerprint density at radius 2 is 2.24 bits per heavy atom. The van der Waals surface area contributed by atoms with Crippen molar-refractivity contribution >= 4 is 5.91 Å². The van der Waals surface area contributed by atoms with Gasteiger partial charge in [-0.15, -0.1) is 0 Å². The lowest BCUT2D eigenvalue weighted by molar-refractivity contribution is -0.132. The molecule has 2 aliphatic heterocycles. The van der Waals surface area contributed by atoms with Gasteiger partial charge in [0.1, 0.15) is 12.5 Å². The number of nitrogens with zero attached hydrogens (tertiary/aromatic N) is 1. The number of hydrogen-bond donors (Lipinski definition) is 2. The Morgan fingerprint density at radius 1 is 1.53 bits per heavy atom. The van der Waals surface area contributed by atoms with Gasteiger partial charge >= 0.3 is 0 Å². The summed E-state index contributed by atoms with van der Waals surface area (Å²) in [5, 5.41) is 12.4. The normalized spacial score (nSPS) is 27.9. The first kappa shape index (κ1) is 12.2. The molecule has 0 aromatic heterocycles. The number of rotatable bonds is 4. The molecule has 6 nitrogen and oxygen atoms in total. The Balaban J connectivity index is 1.71. The number of aliphatic hydroxyl groups excluding tert-OH is 1. The summed E-state index contributed by atoms with van der Waals surface area (Å²) in [4.78, 5) is 13.6. The van der Waals surface area contributed by atoms with Crippen LogP contribution in [0.3, 0.4) is 0 Å². The van der Waals surface area contributed by atoms with Gasteiger partial charge in [-0.25, -0.2) is 0 Å². The van der Waals surface area contributed by atoms with E-state index in [1.807, 2.05) is 0 Å². The average molecular weight is 242 g/mol. The molecule has 0 bridgehead atoms. The molecule has 0 spiro atoms. The average Bonchev–Trinajstić information content (AvgIpc) is 2.95. The lowest BCUT2D eigenvalue weighted by atomic mass is 10.2. The molecule has 0 saturated carbocycles. The highest BCUT2D eigenvalue weighted by Gasteiger charge is 2.30. The lowest BCUT2D eigenvalue weighted by Gasteiger charge is -2.22. The minimum absolute atomic E-state index is 0.00695. The molecule has 2 N–H and O–H groups in total. The molecule has 1 fully saturated rings. The number of likely N-dealkylation sites (N-methyl/N-ethyl adjacent to an activating group) is 1. The van der Waals surface area contributed by atoms with Gasteiger partial charge in [-0.1, -0.05) is 0 Å². The fourth-order valence-electron chi connectivity index (χ4n) is 1.99. The highest BCUT2D eigenvalue weighted by Crippen LogP contribution is 2.12. The Kier molecular flexibility index (Phi) is 3.86. The van der Waals surface area contributed by atoms with Crippen LogP contribution < -0.4 is 5.32 Å². The Hall–Kier alpha value is -1.27. The third kappa shape index (κ3) is 3.10. The minimum atomic E-state index is -0.414. The number of amides is 1. The molecule has 0 unspecified atom stereocenters. The fourth-order valence-corrected chi connectivity index (χ4v) is 1.99. The summed E-state index contributed by atoms with van der Waals surface area (Å²) < 4.78 is 10.3. The van der Waals surface area contributed by atoms with Gasteiger partial charge in [-0.05, 0) is 6.42 Å². The van der Waals surface area contributed by atoms with Crippen LogP contribution in [-0.4, -0.2) is 54.5 Å². The van der Waals surface area contributed by atoms with Crippen LogP contribution in [0.4, 0.5) is 0 Å². The standard InChI is InChI=1S/C11H18N2O4/c1-13(3-2-10-16-4-5-17-10)11(15)9-6-8(14)7-12-9/h4-5,8-10,12,14H,2-3,6-7H2,1H3/t8-,9+/m1/s1. The van der Waals surface area contributed by atoms with Gasteiger partial charge in [-0.3, -0.25) is 4.79 Å². The van der Waals surface area contributed by atoms with Crippen molar-refractivity contribution in [1.29, 1.82) is 0 Å². The van der Waals surface area contributed by atoms with Crippen LogP contribution in [0.15, 0.2) is 12.5 Å². The highest BCUT2D eigenvalue weighted by molar-refractivity contribution is 5.82. The van der Waals surface area contributed by atoms with Crippen LogP contribution in [0.25, 0.3) is 0 Å². The van der Waals surface area contributed by atoms with E-state index in [2.05, 4.69) is 5.32 Å². The summed E-state index contributed by atoms with van der Waals surface area (Å²) in [7, 11) is 1.75. The van der Waals surface area contributed by atoms with Gasteiger partial charge in [-0.2, -0.15) is 0 Å². The van der Waals surface area contributed by atoms with Crippen LogP contribution in [-0.2, 0) is 14.3 Å². The monoisotopic (exact) mass is 242 g/mol. The number of aliphatic hydroxyl groups is 1. The van der Waals surface area contributed by atoms with Crippen LogP contribution in [0.1, 0.15) is 12.8 Å². The molecule has 17 heavy (non-hydrogen) atoms. The zero-order chi connectivity index (χ0) is 12.3. The van der Waals surface area contributed by atoms with Crippen molar-refractivity contribution in [3.05, 3.63) is 12.5 Å². The summed E-state index contributed by atoms with van der Waals surface area (Å²) in [6.45, 7) is 1.06. The van der Waals surface area contributed by atoms with Gasteiger partial charge in [0, 0.05) is 26.6 Å². The Morgan fingerprint density at radius 3 is 2.82 bits per heavy atom. The van der Waals surface area contributed by atoms with E-state index in [-0.39, 0.29) is 18.2 Å². The molecule has 1 saturated heterocycles. The number of ether oxygens (including phenoxy) is 2. The summed E-state index contributed by atoms with van der Waals surface area (Å²) in [6.07, 6.45) is 3.42. The summed E-state index contributed by atoms with van der Waals surface area (Å²) in [5.74, 6) is 0.00695. The number of carbonyl (C=O) groups excluding carboxylic acids is 1. The van der Waals surface area contributed by atoms with Crippen LogP contribution >= 0.6 is 0 Å². The van der Waals surface area contributed by atoms with Gasteiger partial charge in [0.05, 0.1) is 12.1 Å². The van der Waals surface area contributed by atoms with Crippen molar-refractivity contribution in [3.8, 4) is 0 Å². The lowest BCUT2D eigenvalue weighted by Crippen LogP contribution is -2.42. The highest BCUT2D eigenvalue weighted by atomic mass is 16.7. The molecule has 2 rings (SSSR count). The van der Waals surface area contributed by atoms with Crippen molar-refractivity contribution in [1.82, 2.24) is 10.2 Å². The summed E-state index contributed by atoms with van der Waals surface area (Å²) in [6, 6.07) is -0.265. The molecule has 0 aromatic carbocycles. The topological polar surface area (TPSA) is 71.0 Å². The third-order valence-electron chi connectivity index (χ3n) is 3.00. The number of nitrogens with one attached hydrogen (secondary N) is 1. The SMILES string of the molecule is CN(CCC1OC=CO1)C(=O)[C@@H]1C[C@@H](O)CN1. The molecule has 0 aliphatic carbocycles. The number of β-amino-alcohol motifs (C(OH)–C–C–N with tert-alkyl or cyclic N) is 1.